The topological polar surface area (TPSA) is 96.0 Å². The number of amides is 2. The second-order valence-corrected chi connectivity index (χ2v) is 13.5. The van der Waals surface area contributed by atoms with Gasteiger partial charge in [0.15, 0.2) is 0 Å². The van der Waals surface area contributed by atoms with E-state index >= 15 is 0 Å². The summed E-state index contributed by atoms with van der Waals surface area (Å²) in [6.45, 7) is 2.10. The van der Waals surface area contributed by atoms with Crippen LogP contribution in [0.25, 0.3) is 0 Å². The Hall–Kier alpha value is -5.41. The van der Waals surface area contributed by atoms with Crippen molar-refractivity contribution in [2.75, 3.05) is 17.4 Å². The van der Waals surface area contributed by atoms with Crippen molar-refractivity contribution in [1.29, 1.82) is 0 Å². The maximum Gasteiger partial charge on any atom is 0.264 e. The third-order valence-corrected chi connectivity index (χ3v) is 9.80. The highest BCUT2D eigenvalue weighted by molar-refractivity contribution is 7.92. The molecule has 0 aromatic heterocycles. The summed E-state index contributed by atoms with van der Waals surface area (Å²) < 4.78 is 35.5. The zero-order valence-electron chi connectivity index (χ0n) is 27.5. The van der Waals surface area contributed by atoms with Crippen LogP contribution in [0.2, 0.25) is 0 Å². The molecule has 2 amide bonds. The van der Waals surface area contributed by atoms with Gasteiger partial charge in [-0.1, -0.05) is 110 Å². The molecule has 5 aromatic carbocycles. The number of anilines is 1. The van der Waals surface area contributed by atoms with E-state index in [1.165, 1.54) is 17.0 Å². The van der Waals surface area contributed by atoms with Crippen LogP contribution in [0.3, 0.4) is 0 Å². The molecule has 0 bridgehead atoms. The van der Waals surface area contributed by atoms with Crippen LogP contribution in [0.5, 0.6) is 11.5 Å². The molecule has 8 nitrogen and oxygen atoms in total. The molecule has 252 valence electrons. The molecule has 0 spiro atoms. The molecule has 0 unspecified atom stereocenters. The fourth-order valence-electron chi connectivity index (χ4n) is 5.39. The van der Waals surface area contributed by atoms with Crippen molar-refractivity contribution in [2.24, 2.45) is 0 Å². The van der Waals surface area contributed by atoms with Crippen LogP contribution in [0.15, 0.2) is 150 Å². The summed E-state index contributed by atoms with van der Waals surface area (Å²) in [4.78, 5) is 30.0. The number of carbonyl (C=O) groups is 2. The first-order valence-corrected chi connectivity index (χ1v) is 17.8. The highest BCUT2D eigenvalue weighted by atomic mass is 32.2. The number of unbranched alkanes of at least 4 members (excludes halogenated alkanes) is 1. The number of para-hydroxylation sites is 1. The van der Waals surface area contributed by atoms with E-state index in [1.807, 2.05) is 97.9 Å². The molecule has 0 aliphatic rings. The molecule has 49 heavy (non-hydrogen) atoms. The van der Waals surface area contributed by atoms with Gasteiger partial charge in [-0.3, -0.25) is 13.9 Å². The molecule has 0 saturated heterocycles. The lowest BCUT2D eigenvalue weighted by Gasteiger charge is -2.34. The third kappa shape index (κ3) is 9.58. The van der Waals surface area contributed by atoms with Gasteiger partial charge in [-0.25, -0.2) is 8.42 Å². The van der Waals surface area contributed by atoms with E-state index in [-0.39, 0.29) is 29.5 Å². The molecule has 5 aromatic rings. The Bertz CT molecular complexity index is 1870. The number of nitrogens with zero attached hydrogens (tertiary/aromatic N) is 2. The highest BCUT2D eigenvalue weighted by Crippen LogP contribution is 2.29. The lowest BCUT2D eigenvalue weighted by molar-refractivity contribution is -0.140. The number of ether oxygens (including phenoxy) is 1. The van der Waals surface area contributed by atoms with E-state index in [2.05, 4.69) is 5.32 Å². The quantitative estimate of drug-likeness (QED) is 0.111. The van der Waals surface area contributed by atoms with Crippen LogP contribution in [0.4, 0.5) is 5.69 Å². The van der Waals surface area contributed by atoms with Gasteiger partial charge in [-0.05, 0) is 66.1 Å². The third-order valence-electron chi connectivity index (χ3n) is 8.01. The first-order valence-electron chi connectivity index (χ1n) is 16.4. The molecule has 5 rings (SSSR count). The molecule has 0 saturated carbocycles. The largest absolute Gasteiger partial charge is 0.457 e. The van der Waals surface area contributed by atoms with E-state index in [0.29, 0.717) is 18.0 Å². The van der Waals surface area contributed by atoms with E-state index in [4.69, 9.17) is 4.74 Å². The number of benzene rings is 5. The standard InChI is InChI=1S/C40H41N3O5S/c1-2-3-28-41-40(45)38(29-32-16-8-4-9-17-32)42(30-33-18-10-5-11-19-33)39(44)31-43(49(46,47)37-22-14-7-15-23-37)34-24-26-36(27-25-34)48-35-20-12-6-13-21-35/h4-27,38H,2-3,28-31H2,1H3,(H,41,45)/t38-/m0/s1. The molecule has 0 radical (unpaired) electrons. The zero-order chi connectivity index (χ0) is 34.5. The molecular weight excluding hydrogens is 635 g/mol. The number of sulfonamides is 1. The minimum atomic E-state index is -4.21. The highest BCUT2D eigenvalue weighted by Gasteiger charge is 2.34. The Balaban J connectivity index is 1.52. The van der Waals surface area contributed by atoms with Gasteiger partial charge in [0.2, 0.25) is 11.8 Å². The van der Waals surface area contributed by atoms with Crippen molar-refractivity contribution in [2.45, 2.75) is 43.7 Å². The molecule has 0 aliphatic carbocycles. The Labute approximate surface area is 289 Å². The summed E-state index contributed by atoms with van der Waals surface area (Å²) in [5, 5.41) is 3.01. The van der Waals surface area contributed by atoms with Gasteiger partial charge in [-0.2, -0.15) is 0 Å². The number of hydrogen-bond donors (Lipinski definition) is 1. The van der Waals surface area contributed by atoms with Crippen molar-refractivity contribution in [3.05, 3.63) is 157 Å². The summed E-state index contributed by atoms with van der Waals surface area (Å²) in [6, 6.07) is 41.9. The van der Waals surface area contributed by atoms with E-state index in [0.717, 1.165) is 28.3 Å². The molecular formula is C40H41N3O5S. The first-order chi connectivity index (χ1) is 23.8. The maximum atomic E-state index is 14.6. The normalized spacial score (nSPS) is 11.7. The maximum absolute atomic E-state index is 14.6. The second-order valence-electron chi connectivity index (χ2n) is 11.6. The second kappa shape index (κ2) is 17.1. The SMILES string of the molecule is CCCCNC(=O)[C@H](Cc1ccccc1)N(Cc1ccccc1)C(=O)CN(c1ccc(Oc2ccccc2)cc1)S(=O)(=O)c1ccccc1. The first kappa shape index (κ1) is 34.9. The van der Waals surface area contributed by atoms with Crippen LogP contribution < -0.4 is 14.4 Å². The summed E-state index contributed by atoms with van der Waals surface area (Å²) in [5.74, 6) is 0.342. The average molecular weight is 676 g/mol. The van der Waals surface area contributed by atoms with Crippen LogP contribution in [-0.4, -0.2) is 44.3 Å². The van der Waals surface area contributed by atoms with E-state index in [9.17, 15) is 18.0 Å². The monoisotopic (exact) mass is 675 g/mol. The van der Waals surface area contributed by atoms with Crippen molar-refractivity contribution in [1.82, 2.24) is 10.2 Å². The van der Waals surface area contributed by atoms with Gasteiger partial charge in [0.05, 0.1) is 10.6 Å². The van der Waals surface area contributed by atoms with Crippen molar-refractivity contribution in [3.63, 3.8) is 0 Å². The van der Waals surface area contributed by atoms with Gasteiger partial charge < -0.3 is 15.0 Å². The predicted molar refractivity (Wildman–Crippen MR) is 193 cm³/mol. The van der Waals surface area contributed by atoms with Crippen molar-refractivity contribution in [3.8, 4) is 11.5 Å². The number of rotatable bonds is 16. The van der Waals surface area contributed by atoms with Crippen LogP contribution >= 0.6 is 0 Å². The van der Waals surface area contributed by atoms with Crippen LogP contribution in [-0.2, 0) is 32.6 Å². The van der Waals surface area contributed by atoms with Gasteiger partial charge in [-0.15, -0.1) is 0 Å². The van der Waals surface area contributed by atoms with E-state index < -0.39 is 28.5 Å². The molecule has 0 aliphatic heterocycles. The summed E-state index contributed by atoms with van der Waals surface area (Å²) >= 11 is 0. The Morgan fingerprint density at radius 3 is 1.82 bits per heavy atom. The zero-order valence-corrected chi connectivity index (χ0v) is 28.3. The Kier molecular flexibility index (Phi) is 12.2. The van der Waals surface area contributed by atoms with Gasteiger partial charge in [0.1, 0.15) is 24.1 Å². The smallest absolute Gasteiger partial charge is 0.264 e. The van der Waals surface area contributed by atoms with Crippen LogP contribution in [0, 0.1) is 0 Å². The Morgan fingerprint density at radius 2 is 1.22 bits per heavy atom. The fourth-order valence-corrected chi connectivity index (χ4v) is 6.83. The minimum Gasteiger partial charge on any atom is -0.457 e. The van der Waals surface area contributed by atoms with Gasteiger partial charge in [0.25, 0.3) is 10.0 Å². The van der Waals surface area contributed by atoms with Gasteiger partial charge in [0, 0.05) is 19.5 Å². The lowest BCUT2D eigenvalue weighted by atomic mass is 10.0. The number of nitrogens with one attached hydrogen (secondary N) is 1. The van der Waals surface area contributed by atoms with E-state index in [1.54, 1.807) is 42.5 Å². The summed E-state index contributed by atoms with van der Waals surface area (Å²) in [5.41, 5.74) is 1.98. The minimum absolute atomic E-state index is 0.0418. The van der Waals surface area contributed by atoms with Crippen molar-refractivity contribution < 1.29 is 22.7 Å². The molecule has 1 atom stereocenters. The van der Waals surface area contributed by atoms with Gasteiger partial charge >= 0.3 is 0 Å². The average Bonchev–Trinajstić information content (AvgIpc) is 3.14. The molecule has 0 heterocycles. The summed E-state index contributed by atoms with van der Waals surface area (Å²) in [7, 11) is -4.21. The number of carbonyl (C=O) groups excluding carboxylic acids is 2. The fraction of sp³-hybridized carbons (Fsp3) is 0.200. The number of hydrogen-bond acceptors (Lipinski definition) is 5. The molecule has 1 N–H and O–H groups in total. The van der Waals surface area contributed by atoms with Crippen molar-refractivity contribution >= 4 is 27.5 Å². The predicted octanol–water partition coefficient (Wildman–Crippen LogP) is 7.23. The summed E-state index contributed by atoms with van der Waals surface area (Å²) in [6.07, 6.45) is 1.95. The molecule has 9 heteroatoms. The molecule has 0 fully saturated rings. The van der Waals surface area contributed by atoms with Crippen LogP contribution in [0.1, 0.15) is 30.9 Å². The lowest BCUT2D eigenvalue weighted by Crippen LogP contribution is -2.53. The Morgan fingerprint density at radius 1 is 0.694 bits per heavy atom.